The monoisotopic (exact) mass is 366 g/mol. The van der Waals surface area contributed by atoms with Gasteiger partial charge in [-0.1, -0.05) is 0 Å². The maximum Gasteiger partial charge on any atom is 0.225 e. The minimum absolute atomic E-state index is 0.0219. The van der Waals surface area contributed by atoms with Crippen molar-refractivity contribution in [2.24, 2.45) is 0 Å². The van der Waals surface area contributed by atoms with Crippen LogP contribution in [-0.2, 0) is 24.3 Å². The Bertz CT molecular complexity index is 541. The van der Waals surface area contributed by atoms with E-state index in [2.05, 4.69) is 4.72 Å². The number of hydrogen-bond donors (Lipinski definition) is 3. The average molecular weight is 366 g/mol. The number of aliphatic hydroxyl groups excluding tert-OH is 2. The quantitative estimate of drug-likeness (QED) is 0.478. The van der Waals surface area contributed by atoms with Gasteiger partial charge in [-0.05, 0) is 12.8 Å². The summed E-state index contributed by atoms with van der Waals surface area (Å²) in [6.07, 6.45) is -1.52. The Balaban J connectivity index is 1.91. The number of hydrogen-bond acceptors (Lipinski definition) is 7. The molecule has 0 aliphatic carbocycles. The number of amides is 1. The van der Waals surface area contributed by atoms with E-state index in [4.69, 9.17) is 9.47 Å². The SMILES string of the molecule is COCC1CCCN1C(=O)CC1OC(CNS(C)(=O)=O)C(O)C1O. The molecule has 0 saturated carbocycles. The fraction of sp³-hybridized carbons (Fsp3) is 0.929. The zero-order valence-electron chi connectivity index (χ0n) is 13.9. The molecule has 2 rings (SSSR count). The summed E-state index contributed by atoms with van der Waals surface area (Å²) in [5.41, 5.74) is 0. The molecule has 0 aromatic rings. The van der Waals surface area contributed by atoms with Crippen LogP contribution in [-0.4, -0.2) is 93.0 Å². The van der Waals surface area contributed by atoms with Crippen molar-refractivity contribution in [2.75, 3.05) is 33.1 Å². The fourth-order valence-electron chi connectivity index (χ4n) is 3.22. The largest absolute Gasteiger partial charge is 0.388 e. The summed E-state index contributed by atoms with van der Waals surface area (Å²) in [5.74, 6) is -0.164. The molecule has 1 amide bonds. The molecule has 2 heterocycles. The molecule has 140 valence electrons. The van der Waals surface area contributed by atoms with E-state index in [0.717, 1.165) is 19.1 Å². The molecule has 2 saturated heterocycles. The average Bonchev–Trinajstić information content (AvgIpc) is 3.05. The smallest absolute Gasteiger partial charge is 0.225 e. The lowest BCUT2D eigenvalue weighted by atomic mass is 10.0. The summed E-state index contributed by atoms with van der Waals surface area (Å²) >= 11 is 0. The lowest BCUT2D eigenvalue weighted by Gasteiger charge is -2.26. The number of nitrogens with one attached hydrogen (secondary N) is 1. The van der Waals surface area contributed by atoms with Gasteiger partial charge in [0.05, 0.1) is 31.4 Å². The first-order chi connectivity index (χ1) is 11.2. The lowest BCUT2D eigenvalue weighted by molar-refractivity contribution is -0.137. The zero-order chi connectivity index (χ0) is 17.9. The van der Waals surface area contributed by atoms with Crippen LogP contribution >= 0.6 is 0 Å². The van der Waals surface area contributed by atoms with Gasteiger partial charge in [0.15, 0.2) is 0 Å². The number of carbonyl (C=O) groups excluding carboxylic acids is 1. The molecule has 2 aliphatic rings. The van der Waals surface area contributed by atoms with Gasteiger partial charge in [-0.3, -0.25) is 4.79 Å². The molecule has 2 fully saturated rings. The third-order valence-electron chi connectivity index (χ3n) is 4.44. The van der Waals surface area contributed by atoms with Crippen molar-refractivity contribution >= 4 is 15.9 Å². The second kappa shape index (κ2) is 8.07. The highest BCUT2D eigenvalue weighted by Crippen LogP contribution is 2.26. The predicted octanol–water partition coefficient (Wildman–Crippen LogP) is -1.95. The predicted molar refractivity (Wildman–Crippen MR) is 84.7 cm³/mol. The number of methoxy groups -OCH3 is 1. The number of carbonyl (C=O) groups is 1. The van der Waals surface area contributed by atoms with Crippen LogP contribution < -0.4 is 4.72 Å². The Kier molecular flexibility index (Phi) is 6.57. The van der Waals surface area contributed by atoms with E-state index in [1.165, 1.54) is 0 Å². The maximum atomic E-state index is 12.4. The van der Waals surface area contributed by atoms with E-state index < -0.39 is 34.4 Å². The van der Waals surface area contributed by atoms with Crippen LogP contribution in [0.4, 0.5) is 0 Å². The van der Waals surface area contributed by atoms with E-state index in [-0.39, 0.29) is 24.9 Å². The van der Waals surface area contributed by atoms with Crippen molar-refractivity contribution in [2.45, 2.75) is 49.7 Å². The van der Waals surface area contributed by atoms with Crippen LogP contribution in [0.15, 0.2) is 0 Å². The van der Waals surface area contributed by atoms with E-state index in [0.29, 0.717) is 13.2 Å². The second-order valence-electron chi connectivity index (χ2n) is 6.36. The first-order valence-electron chi connectivity index (χ1n) is 7.97. The molecule has 0 radical (unpaired) electrons. The summed E-state index contributed by atoms with van der Waals surface area (Å²) < 4.78 is 35.1. The highest BCUT2D eigenvalue weighted by Gasteiger charge is 2.44. The van der Waals surface area contributed by atoms with Gasteiger partial charge in [-0.25, -0.2) is 13.1 Å². The van der Waals surface area contributed by atoms with Crippen molar-refractivity contribution in [1.29, 1.82) is 0 Å². The van der Waals surface area contributed by atoms with Crippen molar-refractivity contribution in [3.8, 4) is 0 Å². The number of aliphatic hydroxyl groups is 2. The molecule has 0 spiro atoms. The van der Waals surface area contributed by atoms with Gasteiger partial charge in [-0.15, -0.1) is 0 Å². The van der Waals surface area contributed by atoms with Crippen molar-refractivity contribution in [3.63, 3.8) is 0 Å². The Morgan fingerprint density at radius 1 is 1.33 bits per heavy atom. The first kappa shape index (κ1) is 19.5. The first-order valence-corrected chi connectivity index (χ1v) is 9.86. The van der Waals surface area contributed by atoms with Gasteiger partial charge in [-0.2, -0.15) is 0 Å². The zero-order valence-corrected chi connectivity index (χ0v) is 14.7. The second-order valence-corrected chi connectivity index (χ2v) is 8.19. The van der Waals surface area contributed by atoms with Gasteiger partial charge in [0.2, 0.25) is 15.9 Å². The molecule has 0 bridgehead atoms. The third kappa shape index (κ3) is 4.87. The topological polar surface area (TPSA) is 125 Å². The van der Waals surface area contributed by atoms with Crippen LogP contribution in [0.2, 0.25) is 0 Å². The van der Waals surface area contributed by atoms with Crippen LogP contribution in [0.3, 0.4) is 0 Å². The summed E-state index contributed by atoms with van der Waals surface area (Å²) in [4.78, 5) is 14.2. The maximum absolute atomic E-state index is 12.4. The molecule has 0 aromatic carbocycles. The van der Waals surface area contributed by atoms with E-state index in [9.17, 15) is 23.4 Å². The Hall–Kier alpha value is -0.780. The molecule has 0 aromatic heterocycles. The molecule has 3 N–H and O–H groups in total. The van der Waals surface area contributed by atoms with Gasteiger partial charge in [0.1, 0.15) is 18.3 Å². The summed E-state index contributed by atoms with van der Waals surface area (Å²) in [7, 11) is -1.85. The molecule has 9 nitrogen and oxygen atoms in total. The summed E-state index contributed by atoms with van der Waals surface area (Å²) in [6.45, 7) is 0.943. The summed E-state index contributed by atoms with van der Waals surface area (Å²) in [6, 6.07) is 0.0219. The standard InChI is InChI=1S/C14H26N2O7S/c1-22-8-9-4-3-5-16(9)12(17)6-10-13(18)14(19)11(23-10)7-15-24(2,20)21/h9-11,13-15,18-19H,3-8H2,1-2H3. The molecule has 10 heteroatoms. The Labute approximate surface area is 142 Å². The van der Waals surface area contributed by atoms with E-state index in [1.807, 2.05) is 0 Å². The van der Waals surface area contributed by atoms with E-state index in [1.54, 1.807) is 12.0 Å². The number of likely N-dealkylation sites (tertiary alicyclic amines) is 1. The third-order valence-corrected chi connectivity index (χ3v) is 5.13. The van der Waals surface area contributed by atoms with Gasteiger partial charge in [0.25, 0.3) is 0 Å². The van der Waals surface area contributed by atoms with Gasteiger partial charge >= 0.3 is 0 Å². The molecule has 24 heavy (non-hydrogen) atoms. The highest BCUT2D eigenvalue weighted by atomic mass is 32.2. The lowest BCUT2D eigenvalue weighted by Crippen LogP contribution is -2.41. The Morgan fingerprint density at radius 2 is 2.00 bits per heavy atom. The van der Waals surface area contributed by atoms with Crippen LogP contribution in [0.25, 0.3) is 0 Å². The molecule has 5 atom stereocenters. The molecule has 2 aliphatic heterocycles. The van der Waals surface area contributed by atoms with Gasteiger partial charge < -0.3 is 24.6 Å². The molecular formula is C14H26N2O7S. The van der Waals surface area contributed by atoms with Crippen LogP contribution in [0.5, 0.6) is 0 Å². The van der Waals surface area contributed by atoms with Crippen molar-refractivity contribution in [3.05, 3.63) is 0 Å². The molecular weight excluding hydrogens is 340 g/mol. The molecule has 5 unspecified atom stereocenters. The van der Waals surface area contributed by atoms with E-state index >= 15 is 0 Å². The van der Waals surface area contributed by atoms with Crippen molar-refractivity contribution in [1.82, 2.24) is 9.62 Å². The number of nitrogens with zero attached hydrogens (tertiary/aromatic N) is 1. The van der Waals surface area contributed by atoms with Crippen LogP contribution in [0.1, 0.15) is 19.3 Å². The summed E-state index contributed by atoms with van der Waals surface area (Å²) in [5, 5.41) is 20.1. The highest BCUT2D eigenvalue weighted by molar-refractivity contribution is 7.88. The number of ether oxygens (including phenoxy) is 2. The fourth-order valence-corrected chi connectivity index (χ4v) is 3.68. The minimum Gasteiger partial charge on any atom is -0.388 e. The minimum atomic E-state index is -3.43. The van der Waals surface area contributed by atoms with Crippen molar-refractivity contribution < 1.29 is 32.9 Å². The Morgan fingerprint density at radius 3 is 2.62 bits per heavy atom. The van der Waals surface area contributed by atoms with Gasteiger partial charge in [0, 0.05) is 20.2 Å². The number of rotatable bonds is 7. The normalized spacial score (nSPS) is 34.0. The number of sulfonamides is 1. The van der Waals surface area contributed by atoms with Crippen LogP contribution in [0, 0.1) is 0 Å².